The van der Waals surface area contributed by atoms with Crippen LogP contribution in [0.1, 0.15) is 19.3 Å². The van der Waals surface area contributed by atoms with Gasteiger partial charge in [0, 0.05) is 13.1 Å². The van der Waals surface area contributed by atoms with Gasteiger partial charge >= 0.3 is 0 Å². The van der Waals surface area contributed by atoms with E-state index in [1.54, 1.807) is 0 Å². The van der Waals surface area contributed by atoms with Crippen LogP contribution in [0.15, 0.2) is 0 Å². The number of nitrogens with zero attached hydrogens (tertiary/aromatic N) is 1. The molecule has 0 heterocycles. The summed E-state index contributed by atoms with van der Waals surface area (Å²) >= 11 is 0. The van der Waals surface area contributed by atoms with Crippen molar-refractivity contribution in [1.29, 1.82) is 0 Å². The Morgan fingerprint density at radius 2 is 2.00 bits per heavy atom. The lowest BCUT2D eigenvalue weighted by Crippen LogP contribution is -2.27. The molecule has 0 fully saturated rings. The molecule has 5 heteroatoms. The Hall–Kier alpha value is -0.200. The molecule has 0 atom stereocenters. The topological polar surface area (TPSA) is 81.8 Å². The van der Waals surface area contributed by atoms with Gasteiger partial charge in [-0.25, -0.2) is 11.3 Å². The van der Waals surface area contributed by atoms with Gasteiger partial charge in [0.25, 0.3) is 0 Å². The van der Waals surface area contributed by atoms with E-state index in [1.807, 2.05) is 5.48 Å². The van der Waals surface area contributed by atoms with Gasteiger partial charge in [0.1, 0.15) is 0 Å². The van der Waals surface area contributed by atoms with Crippen LogP contribution in [0, 0.1) is 0 Å². The van der Waals surface area contributed by atoms with E-state index in [4.69, 9.17) is 16.3 Å². The Morgan fingerprint density at radius 1 is 1.30 bits per heavy atom. The van der Waals surface area contributed by atoms with Crippen molar-refractivity contribution in [3.05, 3.63) is 0 Å². The molecule has 0 saturated carbocycles. The molecule has 0 unspecified atom stereocenters. The quantitative estimate of drug-likeness (QED) is 0.237. The van der Waals surface area contributed by atoms with Gasteiger partial charge in [-0.2, -0.15) is 0 Å². The molecule has 0 radical (unpaired) electrons. The molecule has 0 saturated heterocycles. The molecule has 0 rings (SSSR count). The predicted octanol–water partition coefficient (Wildman–Crippen LogP) is -0.300. The van der Waals surface area contributed by atoms with Gasteiger partial charge in [-0.1, -0.05) is 6.42 Å². The average Bonchev–Trinajstić information content (AvgIpc) is 1.87. The molecule has 0 aliphatic heterocycles. The van der Waals surface area contributed by atoms with Crippen molar-refractivity contribution in [2.45, 2.75) is 19.3 Å². The third-order valence-corrected chi connectivity index (χ3v) is 1.18. The molecule has 0 aromatic heterocycles. The van der Waals surface area contributed by atoms with Crippen molar-refractivity contribution in [3.63, 3.8) is 0 Å². The van der Waals surface area contributed by atoms with Crippen LogP contribution < -0.4 is 11.3 Å². The number of hydrogen-bond donors (Lipinski definition) is 4. The number of rotatable bonds is 6. The first-order chi connectivity index (χ1) is 4.77. The Balaban J connectivity index is 2.77. The summed E-state index contributed by atoms with van der Waals surface area (Å²) in [5.74, 6) is 4.93. The maximum Gasteiger partial charge on any atom is 0.0396 e. The first-order valence-electron chi connectivity index (χ1n) is 3.35. The van der Waals surface area contributed by atoms with Gasteiger partial charge in [-0.3, -0.25) is 5.21 Å². The second kappa shape index (κ2) is 6.91. The lowest BCUT2D eigenvalue weighted by molar-refractivity contribution is -0.0939. The lowest BCUT2D eigenvalue weighted by Gasteiger charge is -2.05. The second-order valence-electron chi connectivity index (χ2n) is 2.13. The number of unbranched alkanes of at least 4 members (excludes halogenated alkanes) is 2. The van der Waals surface area contributed by atoms with Gasteiger partial charge in [-0.15, -0.1) is 5.17 Å². The number of hydroxylamine groups is 2. The van der Waals surface area contributed by atoms with Crippen LogP contribution in [0.3, 0.4) is 0 Å². The van der Waals surface area contributed by atoms with E-state index < -0.39 is 0 Å². The second-order valence-corrected chi connectivity index (χ2v) is 2.13. The van der Waals surface area contributed by atoms with Gasteiger partial charge in [0.15, 0.2) is 0 Å². The highest BCUT2D eigenvalue weighted by Gasteiger charge is 1.91. The van der Waals surface area contributed by atoms with E-state index in [2.05, 4.69) is 0 Å². The predicted molar refractivity (Wildman–Crippen MR) is 36.3 cm³/mol. The number of nitrogens with two attached hydrogens (primary N) is 1. The number of hydrogen-bond acceptors (Lipinski definition) is 5. The van der Waals surface area contributed by atoms with Gasteiger partial charge in [0.05, 0.1) is 0 Å². The summed E-state index contributed by atoms with van der Waals surface area (Å²) in [4.78, 5) is 0. The molecule has 0 aromatic rings. The Kier molecular flexibility index (Phi) is 6.78. The summed E-state index contributed by atoms with van der Waals surface area (Å²) in [6.07, 6.45) is 2.68. The minimum absolute atomic E-state index is 0.478. The summed E-state index contributed by atoms with van der Waals surface area (Å²) in [6.45, 7) is 1.07. The zero-order valence-electron chi connectivity index (χ0n) is 5.95. The third kappa shape index (κ3) is 7.80. The maximum atomic E-state index is 8.45. The normalized spacial score (nSPS) is 10.8. The molecule has 0 aliphatic rings. The summed E-state index contributed by atoms with van der Waals surface area (Å²) in [5, 5.41) is 17.3. The highest BCUT2D eigenvalue weighted by molar-refractivity contribution is 4.43. The smallest absolute Gasteiger partial charge is 0.0396 e. The Labute approximate surface area is 60.3 Å². The maximum absolute atomic E-state index is 8.45. The fourth-order valence-electron chi connectivity index (χ4n) is 0.655. The van der Waals surface area contributed by atoms with Crippen LogP contribution in [0.4, 0.5) is 0 Å². The standard InChI is InChI=1S/C5H15N3O2/c6-8(10)5-3-1-2-4-7-9/h7,9-10H,1-6H2. The molecule has 5 nitrogen and oxygen atoms in total. The monoisotopic (exact) mass is 149 g/mol. The first kappa shape index (κ1) is 9.80. The summed E-state index contributed by atoms with van der Waals surface area (Å²) < 4.78 is 0. The van der Waals surface area contributed by atoms with E-state index >= 15 is 0 Å². The molecule has 0 bridgehead atoms. The van der Waals surface area contributed by atoms with E-state index in [1.165, 1.54) is 0 Å². The fourth-order valence-corrected chi connectivity index (χ4v) is 0.655. The fraction of sp³-hybridized carbons (Fsp3) is 1.00. The molecule has 0 aromatic carbocycles. The van der Waals surface area contributed by atoms with Crippen molar-refractivity contribution in [1.82, 2.24) is 10.7 Å². The zero-order valence-corrected chi connectivity index (χ0v) is 5.95. The van der Waals surface area contributed by atoms with Crippen LogP contribution in [0.25, 0.3) is 0 Å². The molecule has 5 N–H and O–H groups in total. The lowest BCUT2D eigenvalue weighted by atomic mass is 10.2. The largest absolute Gasteiger partial charge is 0.317 e. The van der Waals surface area contributed by atoms with E-state index in [0.29, 0.717) is 18.3 Å². The molecule has 0 spiro atoms. The molecular formula is C5H15N3O2. The van der Waals surface area contributed by atoms with Crippen LogP contribution in [0.5, 0.6) is 0 Å². The van der Waals surface area contributed by atoms with E-state index in [9.17, 15) is 0 Å². The first-order valence-corrected chi connectivity index (χ1v) is 3.35. The van der Waals surface area contributed by atoms with Crippen molar-refractivity contribution < 1.29 is 10.4 Å². The van der Waals surface area contributed by atoms with Crippen molar-refractivity contribution in [2.24, 2.45) is 5.84 Å². The van der Waals surface area contributed by atoms with E-state index in [-0.39, 0.29) is 0 Å². The minimum atomic E-state index is 0.478. The molecule has 10 heavy (non-hydrogen) atoms. The SMILES string of the molecule is NN(O)CCCCCNO. The number of nitrogens with one attached hydrogen (secondary N) is 1. The highest BCUT2D eigenvalue weighted by atomic mass is 16.5. The van der Waals surface area contributed by atoms with E-state index in [0.717, 1.165) is 19.3 Å². The highest BCUT2D eigenvalue weighted by Crippen LogP contribution is 1.93. The van der Waals surface area contributed by atoms with Crippen LogP contribution in [-0.2, 0) is 0 Å². The van der Waals surface area contributed by atoms with Crippen LogP contribution >= 0.6 is 0 Å². The average molecular weight is 149 g/mol. The molecular weight excluding hydrogens is 134 g/mol. The van der Waals surface area contributed by atoms with Gasteiger partial charge in [-0.05, 0) is 12.8 Å². The van der Waals surface area contributed by atoms with Crippen molar-refractivity contribution >= 4 is 0 Å². The number of hydrazine groups is 1. The Bertz CT molecular complexity index is 69.9. The summed E-state index contributed by atoms with van der Waals surface area (Å²) in [7, 11) is 0. The summed E-state index contributed by atoms with van der Waals surface area (Å²) in [6, 6.07) is 0. The minimum Gasteiger partial charge on any atom is -0.317 e. The van der Waals surface area contributed by atoms with Crippen LogP contribution in [-0.4, -0.2) is 28.7 Å². The Morgan fingerprint density at radius 3 is 2.50 bits per heavy atom. The van der Waals surface area contributed by atoms with Gasteiger partial charge < -0.3 is 5.21 Å². The molecule has 62 valence electrons. The summed E-state index contributed by atoms with van der Waals surface area (Å²) in [5.41, 5.74) is 2.05. The molecule has 0 amide bonds. The van der Waals surface area contributed by atoms with Crippen molar-refractivity contribution in [3.8, 4) is 0 Å². The zero-order chi connectivity index (χ0) is 7.82. The van der Waals surface area contributed by atoms with Gasteiger partial charge in [0.2, 0.25) is 0 Å². The third-order valence-electron chi connectivity index (χ3n) is 1.18. The van der Waals surface area contributed by atoms with Crippen LogP contribution in [0.2, 0.25) is 0 Å². The molecule has 0 aliphatic carbocycles. The van der Waals surface area contributed by atoms with Crippen molar-refractivity contribution in [2.75, 3.05) is 13.1 Å².